The maximum atomic E-state index is 10.4. The van der Waals surface area contributed by atoms with Gasteiger partial charge in [0.25, 0.3) is 0 Å². The number of carbonyl (C=O) groups excluding carboxylic acids is 1. The molecule has 0 saturated heterocycles. The molecule has 1 atom stereocenters. The first-order valence-corrected chi connectivity index (χ1v) is 3.28. The van der Waals surface area contributed by atoms with Crippen LogP contribution in [0.25, 0.3) is 0 Å². The molecule has 0 fully saturated rings. The van der Waals surface area contributed by atoms with Crippen LogP contribution in [0.1, 0.15) is 26.7 Å². The maximum Gasteiger partial charge on any atom is 0.129 e. The highest BCUT2D eigenvalue weighted by Gasteiger charge is 1.97. The van der Waals surface area contributed by atoms with Crippen LogP contribution in [0.4, 0.5) is 0 Å². The number of Topliss-reactive ketones (excluding diaryl/α,β-unsaturated/α-hetero) is 1. The minimum absolute atomic E-state index is 0.267. The van der Waals surface area contributed by atoms with Gasteiger partial charge in [-0.25, -0.2) is 0 Å². The number of allylic oxidation sites excluding steroid dienone is 1. The molecule has 0 aromatic carbocycles. The quantitative estimate of drug-likeness (QED) is 0.528. The first-order chi connectivity index (χ1) is 4.16. The van der Waals surface area contributed by atoms with E-state index in [4.69, 9.17) is 0 Å². The van der Waals surface area contributed by atoms with Crippen molar-refractivity contribution in [2.75, 3.05) is 0 Å². The Morgan fingerprint density at radius 3 is 2.67 bits per heavy atom. The molecule has 1 nitrogen and oxygen atoms in total. The van der Waals surface area contributed by atoms with Crippen molar-refractivity contribution in [3.63, 3.8) is 0 Å². The Hall–Kier alpha value is -0.590. The fraction of sp³-hybridized carbons (Fsp3) is 0.625. The van der Waals surface area contributed by atoms with Gasteiger partial charge in [0.15, 0.2) is 0 Å². The van der Waals surface area contributed by atoms with Gasteiger partial charge in [0.1, 0.15) is 5.78 Å². The summed E-state index contributed by atoms with van der Waals surface area (Å²) in [6.07, 6.45) is 3.51. The molecule has 0 aliphatic carbocycles. The molecule has 0 heterocycles. The van der Waals surface area contributed by atoms with Crippen LogP contribution in [0.15, 0.2) is 12.7 Å². The van der Waals surface area contributed by atoms with Gasteiger partial charge in [-0.2, -0.15) is 0 Å². The number of rotatable bonds is 4. The number of hydrogen-bond acceptors (Lipinski definition) is 1. The normalized spacial score (nSPS) is 12.7. The molecule has 0 radical (unpaired) electrons. The Labute approximate surface area is 56.8 Å². The van der Waals surface area contributed by atoms with Gasteiger partial charge >= 0.3 is 0 Å². The van der Waals surface area contributed by atoms with Crippen LogP contribution in [0.3, 0.4) is 0 Å². The zero-order chi connectivity index (χ0) is 7.28. The van der Waals surface area contributed by atoms with Crippen LogP contribution in [-0.2, 0) is 4.79 Å². The van der Waals surface area contributed by atoms with Crippen molar-refractivity contribution in [1.82, 2.24) is 0 Å². The molecule has 9 heavy (non-hydrogen) atoms. The summed E-state index contributed by atoms with van der Waals surface area (Å²) in [4.78, 5) is 10.4. The molecule has 0 bridgehead atoms. The largest absolute Gasteiger partial charge is 0.300 e. The second kappa shape index (κ2) is 4.30. The van der Waals surface area contributed by atoms with Crippen LogP contribution in [0.2, 0.25) is 0 Å². The third kappa shape index (κ3) is 5.28. The summed E-state index contributed by atoms with van der Waals surface area (Å²) < 4.78 is 0. The van der Waals surface area contributed by atoms with Gasteiger partial charge in [-0.3, -0.25) is 0 Å². The predicted molar refractivity (Wildman–Crippen MR) is 39.3 cm³/mol. The third-order valence-corrected chi connectivity index (χ3v) is 1.35. The lowest BCUT2D eigenvalue weighted by molar-refractivity contribution is -0.117. The van der Waals surface area contributed by atoms with E-state index in [0.717, 1.165) is 6.42 Å². The Bertz CT molecular complexity index is 105. The van der Waals surface area contributed by atoms with E-state index in [1.54, 1.807) is 6.92 Å². The van der Waals surface area contributed by atoms with Crippen molar-refractivity contribution in [2.45, 2.75) is 26.7 Å². The summed E-state index contributed by atoms with van der Waals surface area (Å²) in [5, 5.41) is 0. The van der Waals surface area contributed by atoms with E-state index in [2.05, 4.69) is 13.5 Å². The molecule has 1 heteroatoms. The maximum absolute atomic E-state index is 10.4. The van der Waals surface area contributed by atoms with Crippen molar-refractivity contribution in [1.29, 1.82) is 0 Å². The molecule has 0 N–H and O–H groups in total. The number of carbonyl (C=O) groups is 1. The first kappa shape index (κ1) is 8.41. The summed E-state index contributed by atoms with van der Waals surface area (Å²) in [5.74, 6) is 0.748. The number of hydrogen-bond donors (Lipinski definition) is 0. The first-order valence-electron chi connectivity index (χ1n) is 3.28. The lowest BCUT2D eigenvalue weighted by Crippen LogP contribution is -1.94. The van der Waals surface area contributed by atoms with Crippen molar-refractivity contribution in [2.24, 2.45) is 5.92 Å². The fourth-order valence-electron chi connectivity index (χ4n) is 0.549. The lowest BCUT2D eigenvalue weighted by Gasteiger charge is -2.00. The lowest BCUT2D eigenvalue weighted by atomic mass is 10.0. The summed E-state index contributed by atoms with van der Waals surface area (Å²) in [5.41, 5.74) is 0. The topological polar surface area (TPSA) is 17.1 Å². The van der Waals surface area contributed by atoms with E-state index in [1.807, 2.05) is 6.08 Å². The highest BCUT2D eigenvalue weighted by atomic mass is 16.1. The van der Waals surface area contributed by atoms with Crippen LogP contribution < -0.4 is 0 Å². The van der Waals surface area contributed by atoms with Crippen LogP contribution >= 0.6 is 0 Å². The van der Waals surface area contributed by atoms with Gasteiger partial charge in [0.05, 0.1) is 0 Å². The van der Waals surface area contributed by atoms with E-state index in [9.17, 15) is 4.79 Å². The Morgan fingerprint density at radius 1 is 1.78 bits per heavy atom. The van der Waals surface area contributed by atoms with Gasteiger partial charge < -0.3 is 4.79 Å². The molecule has 0 aromatic heterocycles. The molecule has 0 aliphatic rings. The number of ketones is 1. The van der Waals surface area contributed by atoms with Crippen molar-refractivity contribution < 1.29 is 4.79 Å². The molecular formula is C8H14O. The highest BCUT2D eigenvalue weighted by Crippen LogP contribution is 2.05. The van der Waals surface area contributed by atoms with Gasteiger partial charge in [0.2, 0.25) is 0 Å². The van der Waals surface area contributed by atoms with Crippen LogP contribution in [0.5, 0.6) is 0 Å². The second-order valence-corrected chi connectivity index (χ2v) is 2.45. The van der Waals surface area contributed by atoms with E-state index >= 15 is 0 Å². The Morgan fingerprint density at radius 2 is 2.33 bits per heavy atom. The smallest absolute Gasteiger partial charge is 0.129 e. The molecule has 52 valence electrons. The molecular weight excluding hydrogens is 112 g/mol. The van der Waals surface area contributed by atoms with Crippen molar-refractivity contribution in [3.05, 3.63) is 12.7 Å². The highest BCUT2D eigenvalue weighted by molar-refractivity contribution is 5.75. The zero-order valence-electron chi connectivity index (χ0n) is 6.18. The van der Waals surface area contributed by atoms with Crippen LogP contribution in [0, 0.1) is 5.92 Å². The fourth-order valence-corrected chi connectivity index (χ4v) is 0.549. The summed E-state index contributed by atoms with van der Waals surface area (Å²) in [6.45, 7) is 7.31. The van der Waals surface area contributed by atoms with Gasteiger partial charge in [0, 0.05) is 6.42 Å². The van der Waals surface area contributed by atoms with Crippen molar-refractivity contribution in [3.8, 4) is 0 Å². The molecule has 0 aromatic rings. The van der Waals surface area contributed by atoms with Gasteiger partial charge in [-0.15, -0.1) is 6.58 Å². The van der Waals surface area contributed by atoms with E-state index in [0.29, 0.717) is 12.3 Å². The zero-order valence-corrected chi connectivity index (χ0v) is 6.18. The van der Waals surface area contributed by atoms with E-state index in [-0.39, 0.29) is 5.78 Å². The van der Waals surface area contributed by atoms with Gasteiger partial charge in [-0.05, 0) is 19.3 Å². The minimum atomic E-state index is 0.267. The van der Waals surface area contributed by atoms with Crippen LogP contribution in [-0.4, -0.2) is 5.78 Å². The molecule has 0 saturated carbocycles. The monoisotopic (exact) mass is 126 g/mol. The Balaban J connectivity index is 3.26. The summed E-state index contributed by atoms with van der Waals surface area (Å²) in [7, 11) is 0. The third-order valence-electron chi connectivity index (χ3n) is 1.35. The second-order valence-electron chi connectivity index (χ2n) is 2.45. The summed E-state index contributed by atoms with van der Waals surface area (Å²) >= 11 is 0. The van der Waals surface area contributed by atoms with E-state index < -0.39 is 0 Å². The van der Waals surface area contributed by atoms with Crippen molar-refractivity contribution >= 4 is 5.78 Å². The SMILES string of the molecule is C=CC(C)CCC(C)=O. The average molecular weight is 126 g/mol. The average Bonchev–Trinajstić information content (AvgIpc) is 1.83. The molecule has 0 rings (SSSR count). The standard InChI is InChI=1S/C8H14O/c1-4-7(2)5-6-8(3)9/h4,7H,1,5-6H2,2-3H3. The Kier molecular flexibility index (Phi) is 4.02. The van der Waals surface area contributed by atoms with Gasteiger partial charge in [-0.1, -0.05) is 13.0 Å². The predicted octanol–water partition coefficient (Wildman–Crippen LogP) is 2.18. The molecule has 0 aliphatic heterocycles. The summed E-state index contributed by atoms with van der Waals surface area (Å²) in [6, 6.07) is 0. The molecule has 1 unspecified atom stereocenters. The van der Waals surface area contributed by atoms with E-state index in [1.165, 1.54) is 0 Å². The minimum Gasteiger partial charge on any atom is -0.300 e. The molecule has 0 spiro atoms. The molecule has 0 amide bonds.